The number of thiophene rings is 1. The second-order valence-electron chi connectivity index (χ2n) is 5.53. The van der Waals surface area contributed by atoms with Gasteiger partial charge in [-0.3, -0.25) is 4.79 Å². The summed E-state index contributed by atoms with van der Waals surface area (Å²) in [6.45, 7) is 2.48. The molecule has 1 aliphatic carbocycles. The molecule has 5 nitrogen and oxygen atoms in total. The van der Waals surface area contributed by atoms with Crippen molar-refractivity contribution in [2.75, 3.05) is 25.0 Å². The Balaban J connectivity index is 1.73. The number of hydrogen-bond donors (Lipinski definition) is 2. The van der Waals surface area contributed by atoms with Crippen LogP contribution < -0.4 is 15.3 Å². The molecule has 0 radical (unpaired) electrons. The number of likely N-dealkylation sites (tertiary alicyclic amines) is 1. The van der Waals surface area contributed by atoms with Gasteiger partial charge in [0.2, 0.25) is 0 Å². The first-order chi connectivity index (χ1) is 9.65. The fraction of sp³-hybridized carbons (Fsp3) is 0.571. The second kappa shape index (κ2) is 5.54. The van der Waals surface area contributed by atoms with E-state index in [1.165, 1.54) is 29.1 Å². The van der Waals surface area contributed by atoms with Crippen LogP contribution in [0.3, 0.4) is 0 Å². The molecule has 1 fully saturated rings. The number of anilines is 1. The molecule has 0 spiro atoms. The standard InChI is InChI=1S/C14H18N2O3S/c17-11(8-16-6-1-2-7-16)15-13-12(14(18)19)9-4-3-5-10(9)20-13/h1-8H2,(H,15,17)(H,18,19). The van der Waals surface area contributed by atoms with Crippen LogP contribution in [0.25, 0.3) is 0 Å². The average molecular weight is 294 g/mol. The zero-order chi connectivity index (χ0) is 14.1. The third-order valence-electron chi connectivity index (χ3n) is 4.10. The highest BCUT2D eigenvalue weighted by Gasteiger charge is 2.25. The van der Waals surface area contributed by atoms with Crippen molar-refractivity contribution in [2.24, 2.45) is 0 Å². The molecule has 1 amide bonds. The van der Waals surface area contributed by atoms with Gasteiger partial charge in [0, 0.05) is 23.3 Å². The van der Waals surface area contributed by atoms with E-state index in [4.69, 9.17) is 0 Å². The molecular weight excluding hydrogens is 276 g/mol. The molecule has 2 N–H and O–H groups in total. The van der Waals surface area contributed by atoms with Gasteiger partial charge in [-0.1, -0.05) is 0 Å². The van der Waals surface area contributed by atoms with Gasteiger partial charge < -0.3 is 20.1 Å². The van der Waals surface area contributed by atoms with Crippen LogP contribution in [0.15, 0.2) is 0 Å². The van der Waals surface area contributed by atoms with Crippen LogP contribution in [0.5, 0.6) is 0 Å². The molecule has 6 heteroatoms. The van der Waals surface area contributed by atoms with Gasteiger partial charge >= 0.3 is 0 Å². The Hall–Kier alpha value is -1.40. The molecule has 1 aliphatic heterocycles. The van der Waals surface area contributed by atoms with Crippen molar-refractivity contribution in [1.29, 1.82) is 0 Å². The number of quaternary nitrogens is 1. The van der Waals surface area contributed by atoms with Crippen molar-refractivity contribution >= 4 is 28.2 Å². The average Bonchev–Trinajstić information content (AvgIpc) is 3.04. The van der Waals surface area contributed by atoms with Crippen LogP contribution in [0.4, 0.5) is 5.00 Å². The lowest BCUT2D eigenvalue weighted by atomic mass is 10.1. The smallest absolute Gasteiger partial charge is 0.280 e. The predicted molar refractivity (Wildman–Crippen MR) is 74.1 cm³/mol. The molecule has 1 aromatic rings. The number of carbonyl (C=O) groups is 2. The summed E-state index contributed by atoms with van der Waals surface area (Å²) < 4.78 is 0. The summed E-state index contributed by atoms with van der Waals surface area (Å²) in [5.41, 5.74) is 1.09. The minimum atomic E-state index is -1.17. The highest BCUT2D eigenvalue weighted by Crippen LogP contribution is 2.38. The summed E-state index contributed by atoms with van der Waals surface area (Å²) in [4.78, 5) is 25.7. The van der Waals surface area contributed by atoms with Crippen molar-refractivity contribution in [3.05, 3.63) is 16.0 Å². The summed E-state index contributed by atoms with van der Waals surface area (Å²) in [5, 5.41) is 14.6. The van der Waals surface area contributed by atoms with Crippen LogP contribution in [0, 0.1) is 0 Å². The number of amides is 1. The maximum atomic E-state index is 12.0. The van der Waals surface area contributed by atoms with Crippen molar-refractivity contribution in [3.63, 3.8) is 0 Å². The number of aryl methyl sites for hydroxylation is 1. The Morgan fingerprint density at radius 1 is 1.20 bits per heavy atom. The number of hydrogen-bond acceptors (Lipinski definition) is 4. The van der Waals surface area contributed by atoms with Gasteiger partial charge in [-0.05, 0) is 24.8 Å². The highest BCUT2D eigenvalue weighted by molar-refractivity contribution is 7.17. The van der Waals surface area contributed by atoms with Gasteiger partial charge in [-0.25, -0.2) is 0 Å². The Bertz CT molecular complexity index is 547. The van der Waals surface area contributed by atoms with Gasteiger partial charge in [0.1, 0.15) is 5.00 Å². The number of carbonyl (C=O) groups excluding carboxylic acids is 2. The monoisotopic (exact) mass is 294 g/mol. The summed E-state index contributed by atoms with van der Waals surface area (Å²) in [5.74, 6) is -1.27. The quantitative estimate of drug-likeness (QED) is 0.765. The minimum absolute atomic E-state index is 0.0932. The van der Waals surface area contributed by atoms with E-state index >= 15 is 0 Å². The number of aromatic carboxylic acids is 1. The fourth-order valence-electron chi connectivity index (χ4n) is 3.16. The van der Waals surface area contributed by atoms with E-state index in [0.29, 0.717) is 11.5 Å². The molecule has 3 rings (SSSR count). The van der Waals surface area contributed by atoms with Crippen LogP contribution >= 0.6 is 11.3 Å². The van der Waals surface area contributed by atoms with E-state index in [0.717, 1.165) is 42.8 Å². The molecule has 0 unspecified atom stereocenters. The largest absolute Gasteiger partial charge is 0.545 e. The molecule has 0 bridgehead atoms. The van der Waals surface area contributed by atoms with Crippen LogP contribution in [0.2, 0.25) is 0 Å². The first-order valence-corrected chi connectivity index (χ1v) is 7.96. The second-order valence-corrected chi connectivity index (χ2v) is 6.64. The van der Waals surface area contributed by atoms with E-state index in [2.05, 4.69) is 5.32 Å². The maximum Gasteiger partial charge on any atom is 0.280 e. The minimum Gasteiger partial charge on any atom is -0.545 e. The van der Waals surface area contributed by atoms with Gasteiger partial charge in [0.05, 0.1) is 19.1 Å². The van der Waals surface area contributed by atoms with E-state index < -0.39 is 5.97 Å². The number of rotatable bonds is 4. The Labute approximate surface area is 121 Å². The zero-order valence-corrected chi connectivity index (χ0v) is 12.1. The molecule has 1 aromatic heterocycles. The lowest BCUT2D eigenvalue weighted by Crippen LogP contribution is -3.11. The zero-order valence-electron chi connectivity index (χ0n) is 11.3. The van der Waals surface area contributed by atoms with E-state index in [-0.39, 0.29) is 11.5 Å². The van der Waals surface area contributed by atoms with Crippen molar-refractivity contribution < 1.29 is 19.6 Å². The predicted octanol–water partition coefficient (Wildman–Crippen LogP) is -0.782. The molecule has 0 aromatic carbocycles. The Morgan fingerprint density at radius 3 is 2.65 bits per heavy atom. The number of nitrogens with one attached hydrogen (secondary N) is 2. The van der Waals surface area contributed by atoms with E-state index in [1.807, 2.05) is 0 Å². The van der Waals surface area contributed by atoms with Gasteiger partial charge in [0.25, 0.3) is 5.91 Å². The first-order valence-electron chi connectivity index (χ1n) is 7.14. The molecule has 1 saturated heterocycles. The summed E-state index contributed by atoms with van der Waals surface area (Å²) in [6.07, 6.45) is 5.02. The molecule has 2 aliphatic rings. The van der Waals surface area contributed by atoms with Gasteiger partial charge in [-0.15, -0.1) is 11.3 Å². The summed E-state index contributed by atoms with van der Waals surface area (Å²) in [7, 11) is 0. The summed E-state index contributed by atoms with van der Waals surface area (Å²) in [6, 6.07) is 0. The Morgan fingerprint density at radius 2 is 1.95 bits per heavy atom. The number of carboxylic acid groups (broad SMARTS) is 1. The summed E-state index contributed by atoms with van der Waals surface area (Å²) >= 11 is 1.40. The van der Waals surface area contributed by atoms with Crippen LogP contribution in [-0.4, -0.2) is 31.5 Å². The van der Waals surface area contributed by atoms with Gasteiger partial charge in [0.15, 0.2) is 6.54 Å². The van der Waals surface area contributed by atoms with E-state index in [9.17, 15) is 14.7 Å². The van der Waals surface area contributed by atoms with Crippen LogP contribution in [0.1, 0.15) is 40.1 Å². The third-order valence-corrected chi connectivity index (χ3v) is 5.31. The first kappa shape index (κ1) is 13.6. The van der Waals surface area contributed by atoms with Crippen molar-refractivity contribution in [3.8, 4) is 0 Å². The fourth-order valence-corrected chi connectivity index (χ4v) is 4.45. The topological polar surface area (TPSA) is 73.7 Å². The Kier molecular flexibility index (Phi) is 3.76. The molecule has 2 heterocycles. The lowest BCUT2D eigenvalue weighted by Gasteiger charge is -2.12. The maximum absolute atomic E-state index is 12.0. The molecule has 20 heavy (non-hydrogen) atoms. The number of carboxylic acids is 1. The van der Waals surface area contributed by atoms with Crippen molar-refractivity contribution in [1.82, 2.24) is 0 Å². The number of fused-ring (bicyclic) bond motifs is 1. The lowest BCUT2D eigenvalue weighted by molar-refractivity contribution is -0.878. The normalized spacial score (nSPS) is 18.2. The van der Waals surface area contributed by atoms with Crippen molar-refractivity contribution in [2.45, 2.75) is 32.1 Å². The molecule has 108 valence electrons. The SMILES string of the molecule is O=C(C[NH+]1CCCC1)Nc1sc2c(c1C(=O)[O-])CCC2. The van der Waals surface area contributed by atoms with E-state index in [1.54, 1.807) is 0 Å². The van der Waals surface area contributed by atoms with Gasteiger partial charge in [-0.2, -0.15) is 0 Å². The van der Waals surface area contributed by atoms with Crippen LogP contribution in [-0.2, 0) is 17.6 Å². The highest BCUT2D eigenvalue weighted by atomic mass is 32.1. The third kappa shape index (κ3) is 2.58. The molecular formula is C14H18N2O3S. The molecule has 0 saturated carbocycles. The molecule has 0 atom stereocenters.